The molecule has 4 atom stereocenters. The van der Waals surface area contributed by atoms with Gasteiger partial charge in [-0.3, -0.25) is 4.79 Å². The lowest BCUT2D eigenvalue weighted by atomic mass is 9.97. The van der Waals surface area contributed by atoms with Crippen molar-refractivity contribution < 1.29 is 9.53 Å². The summed E-state index contributed by atoms with van der Waals surface area (Å²) in [5.41, 5.74) is 0. The lowest BCUT2D eigenvalue weighted by molar-refractivity contribution is -0.139. The van der Waals surface area contributed by atoms with Gasteiger partial charge >= 0.3 is 0 Å². The van der Waals surface area contributed by atoms with Gasteiger partial charge in [0.25, 0.3) is 0 Å². The predicted octanol–water partition coefficient (Wildman–Crippen LogP) is 2.17. The summed E-state index contributed by atoms with van der Waals surface area (Å²) in [7, 11) is 0. The first-order valence-corrected chi connectivity index (χ1v) is 7.16. The third-order valence-electron chi connectivity index (χ3n) is 4.48. The molecule has 3 fully saturated rings. The summed E-state index contributed by atoms with van der Waals surface area (Å²) >= 11 is 6.24. The van der Waals surface area contributed by atoms with Crippen molar-refractivity contribution in [3.63, 3.8) is 0 Å². The molecule has 3 aliphatic heterocycles. The number of halogens is 1. The fourth-order valence-corrected chi connectivity index (χ4v) is 4.08. The third kappa shape index (κ3) is 2.08. The fraction of sp³-hybridized carbons (Fsp3) is 0.923. The van der Waals surface area contributed by atoms with E-state index in [0.29, 0.717) is 24.6 Å². The molecule has 0 saturated carbocycles. The molecule has 3 heterocycles. The van der Waals surface area contributed by atoms with Gasteiger partial charge in [-0.05, 0) is 39.0 Å². The molecule has 0 aromatic rings. The second-order valence-corrected chi connectivity index (χ2v) is 6.39. The highest BCUT2D eigenvalue weighted by molar-refractivity contribution is 6.20. The van der Waals surface area contributed by atoms with E-state index in [0.717, 1.165) is 32.1 Å². The number of carbonyl (C=O) groups excluding carboxylic acids is 1. The lowest BCUT2D eigenvalue weighted by Gasteiger charge is -2.38. The third-order valence-corrected chi connectivity index (χ3v) is 4.83. The molecule has 3 nitrogen and oxygen atoms in total. The van der Waals surface area contributed by atoms with Crippen LogP contribution in [0.3, 0.4) is 0 Å². The van der Waals surface area contributed by atoms with Gasteiger partial charge in [-0.2, -0.15) is 0 Å². The van der Waals surface area contributed by atoms with Crippen LogP contribution in [0.4, 0.5) is 0 Å². The van der Waals surface area contributed by atoms with Crippen LogP contribution < -0.4 is 0 Å². The number of fused-ring (bicyclic) bond motifs is 2. The van der Waals surface area contributed by atoms with Gasteiger partial charge in [0.2, 0.25) is 5.91 Å². The fourth-order valence-electron chi connectivity index (χ4n) is 3.67. The predicted molar refractivity (Wildman–Crippen MR) is 66.1 cm³/mol. The molecule has 0 N–H and O–H groups in total. The molecule has 4 unspecified atom stereocenters. The minimum absolute atomic E-state index is 0.0972. The molecule has 96 valence electrons. The number of hydrogen-bond acceptors (Lipinski definition) is 2. The molecule has 0 aliphatic carbocycles. The Morgan fingerprint density at radius 3 is 2.41 bits per heavy atom. The summed E-state index contributed by atoms with van der Waals surface area (Å²) < 4.78 is 5.52. The molecule has 3 aliphatic rings. The Hall–Kier alpha value is -0.280. The Kier molecular flexibility index (Phi) is 3.07. The second kappa shape index (κ2) is 4.43. The van der Waals surface area contributed by atoms with Gasteiger partial charge in [0.1, 0.15) is 0 Å². The Bertz CT molecular complexity index is 309. The highest BCUT2D eigenvalue weighted by atomic mass is 35.5. The molecule has 0 aromatic carbocycles. The summed E-state index contributed by atoms with van der Waals surface area (Å²) in [4.78, 5) is 14.7. The molecule has 4 heteroatoms. The first-order chi connectivity index (χ1) is 8.15. The normalized spacial score (nSPS) is 45.3. The van der Waals surface area contributed by atoms with E-state index >= 15 is 0 Å². The van der Waals surface area contributed by atoms with Gasteiger partial charge < -0.3 is 9.64 Å². The van der Waals surface area contributed by atoms with Crippen LogP contribution in [0.1, 0.15) is 39.0 Å². The molecule has 1 amide bonds. The number of piperidine rings is 1. The molecular formula is C13H20ClNO2. The SMILES string of the molecule is CC1CC(C(=O)N2C3CCC2CC(Cl)C3)CO1. The van der Waals surface area contributed by atoms with Gasteiger partial charge in [-0.15, -0.1) is 11.6 Å². The van der Waals surface area contributed by atoms with Crippen molar-refractivity contribution in [3.8, 4) is 0 Å². The van der Waals surface area contributed by atoms with Crippen LogP contribution in [0.15, 0.2) is 0 Å². The van der Waals surface area contributed by atoms with E-state index in [4.69, 9.17) is 16.3 Å². The maximum Gasteiger partial charge on any atom is 0.228 e. The summed E-state index contributed by atoms with van der Waals surface area (Å²) in [6, 6.07) is 0.805. The van der Waals surface area contributed by atoms with Gasteiger partial charge in [0, 0.05) is 17.5 Å². The smallest absolute Gasteiger partial charge is 0.228 e. The van der Waals surface area contributed by atoms with Crippen LogP contribution in [-0.2, 0) is 9.53 Å². The lowest BCUT2D eigenvalue weighted by Crippen LogP contribution is -2.49. The molecule has 3 saturated heterocycles. The molecule has 0 aromatic heterocycles. The highest BCUT2D eigenvalue weighted by Crippen LogP contribution is 2.39. The monoisotopic (exact) mass is 257 g/mol. The minimum Gasteiger partial charge on any atom is -0.378 e. The average Bonchev–Trinajstić information content (AvgIpc) is 2.81. The summed E-state index contributed by atoms with van der Waals surface area (Å²) in [5.74, 6) is 0.422. The van der Waals surface area contributed by atoms with Crippen LogP contribution in [0, 0.1) is 5.92 Å². The standard InChI is InChI=1S/C13H20ClNO2/c1-8-4-9(7-17-8)13(16)15-11-2-3-12(15)6-10(14)5-11/h8-12H,2-7H2,1H3. The second-order valence-electron chi connectivity index (χ2n) is 5.78. The molecule has 17 heavy (non-hydrogen) atoms. The number of amides is 1. The molecular weight excluding hydrogens is 238 g/mol. The largest absolute Gasteiger partial charge is 0.378 e. The summed E-state index contributed by atoms with van der Waals surface area (Å²) in [6.45, 7) is 2.66. The summed E-state index contributed by atoms with van der Waals surface area (Å²) in [5, 5.41) is 0.273. The maximum atomic E-state index is 12.5. The molecule has 0 radical (unpaired) electrons. The van der Waals surface area contributed by atoms with Crippen LogP contribution in [0.2, 0.25) is 0 Å². The first kappa shape index (κ1) is 11.8. The van der Waals surface area contributed by atoms with E-state index in [1.54, 1.807) is 0 Å². The van der Waals surface area contributed by atoms with Crippen LogP contribution in [0.5, 0.6) is 0 Å². The number of rotatable bonds is 1. The van der Waals surface area contributed by atoms with Gasteiger partial charge in [0.05, 0.1) is 18.6 Å². The average molecular weight is 258 g/mol. The zero-order chi connectivity index (χ0) is 12.0. The van der Waals surface area contributed by atoms with Crippen LogP contribution >= 0.6 is 11.6 Å². The van der Waals surface area contributed by atoms with E-state index < -0.39 is 0 Å². The van der Waals surface area contributed by atoms with Crippen molar-refractivity contribution >= 4 is 17.5 Å². The first-order valence-electron chi connectivity index (χ1n) is 6.73. The van der Waals surface area contributed by atoms with Crippen molar-refractivity contribution in [2.45, 2.75) is 62.6 Å². The molecule has 2 bridgehead atoms. The Morgan fingerprint density at radius 1 is 1.24 bits per heavy atom. The van der Waals surface area contributed by atoms with Crippen molar-refractivity contribution in [2.24, 2.45) is 5.92 Å². The van der Waals surface area contributed by atoms with Crippen molar-refractivity contribution in [3.05, 3.63) is 0 Å². The summed E-state index contributed by atoms with van der Waals surface area (Å²) in [6.07, 6.45) is 5.37. The molecule has 0 spiro atoms. The van der Waals surface area contributed by atoms with Crippen LogP contribution in [0.25, 0.3) is 0 Å². The number of nitrogens with zero attached hydrogens (tertiary/aromatic N) is 1. The van der Waals surface area contributed by atoms with E-state index in [1.807, 2.05) is 6.92 Å². The topological polar surface area (TPSA) is 29.5 Å². The van der Waals surface area contributed by atoms with Crippen molar-refractivity contribution in [1.82, 2.24) is 4.90 Å². The number of hydrogen-bond donors (Lipinski definition) is 0. The zero-order valence-corrected chi connectivity index (χ0v) is 11.0. The number of alkyl halides is 1. The number of ether oxygens (including phenoxy) is 1. The quantitative estimate of drug-likeness (QED) is 0.674. The Labute approximate surface area is 107 Å². The van der Waals surface area contributed by atoms with Gasteiger partial charge in [0.15, 0.2) is 0 Å². The highest BCUT2D eigenvalue weighted by Gasteiger charge is 2.45. The van der Waals surface area contributed by atoms with Crippen LogP contribution in [-0.4, -0.2) is 41.0 Å². The Balaban J connectivity index is 1.70. The van der Waals surface area contributed by atoms with Crippen molar-refractivity contribution in [1.29, 1.82) is 0 Å². The zero-order valence-electron chi connectivity index (χ0n) is 10.3. The Morgan fingerprint density at radius 2 is 1.88 bits per heavy atom. The van der Waals surface area contributed by atoms with Gasteiger partial charge in [-0.1, -0.05) is 0 Å². The van der Waals surface area contributed by atoms with Crippen molar-refractivity contribution in [2.75, 3.05) is 6.61 Å². The minimum atomic E-state index is 0.0972. The van der Waals surface area contributed by atoms with Gasteiger partial charge in [-0.25, -0.2) is 0 Å². The van der Waals surface area contributed by atoms with E-state index in [9.17, 15) is 4.79 Å². The number of carbonyl (C=O) groups is 1. The van der Waals surface area contributed by atoms with E-state index in [-0.39, 0.29) is 17.4 Å². The van der Waals surface area contributed by atoms with E-state index in [2.05, 4.69) is 4.90 Å². The molecule has 3 rings (SSSR count). The van der Waals surface area contributed by atoms with E-state index in [1.165, 1.54) is 0 Å². The maximum absolute atomic E-state index is 12.5.